The minimum absolute atomic E-state index is 0.00144. The minimum atomic E-state index is -0.101. The number of hydrogen-bond donors (Lipinski definition) is 0. The van der Waals surface area contributed by atoms with Gasteiger partial charge in [-0.15, -0.1) is 11.3 Å². The van der Waals surface area contributed by atoms with Crippen LogP contribution in [0, 0.1) is 0 Å². The number of aromatic nitrogens is 2. The highest BCUT2D eigenvalue weighted by atomic mass is 32.1. The Morgan fingerprint density at radius 2 is 2.11 bits per heavy atom. The van der Waals surface area contributed by atoms with Gasteiger partial charge in [-0.05, 0) is 67.3 Å². The van der Waals surface area contributed by atoms with Gasteiger partial charge >= 0.3 is 0 Å². The van der Waals surface area contributed by atoms with E-state index in [1.54, 1.807) is 16.2 Å². The molecule has 0 bridgehead atoms. The van der Waals surface area contributed by atoms with Gasteiger partial charge in [0.1, 0.15) is 12.3 Å². The van der Waals surface area contributed by atoms with E-state index in [4.69, 9.17) is 9.26 Å². The van der Waals surface area contributed by atoms with Gasteiger partial charge in [-0.25, -0.2) is 0 Å². The third kappa shape index (κ3) is 4.25. The van der Waals surface area contributed by atoms with Crippen LogP contribution in [0.3, 0.4) is 0 Å². The number of rotatable bonds is 7. The van der Waals surface area contributed by atoms with E-state index in [1.165, 1.54) is 24.0 Å². The number of hydrogen-bond acceptors (Lipinski definition) is 6. The van der Waals surface area contributed by atoms with Crippen molar-refractivity contribution in [2.75, 3.05) is 13.2 Å². The molecule has 0 aliphatic heterocycles. The summed E-state index contributed by atoms with van der Waals surface area (Å²) in [5.74, 6) is 1.63. The fraction of sp³-hybridized carbons (Fsp3) is 0.381. The summed E-state index contributed by atoms with van der Waals surface area (Å²) in [4.78, 5) is 19.6. The van der Waals surface area contributed by atoms with Crippen LogP contribution in [0.2, 0.25) is 0 Å². The van der Waals surface area contributed by atoms with E-state index in [-0.39, 0.29) is 19.1 Å². The van der Waals surface area contributed by atoms with Crippen LogP contribution >= 0.6 is 11.3 Å². The Kier molecular flexibility index (Phi) is 5.71. The fourth-order valence-electron chi connectivity index (χ4n) is 3.40. The monoisotopic (exact) mass is 397 g/mol. The zero-order valence-electron chi connectivity index (χ0n) is 15.9. The molecule has 2 aromatic heterocycles. The molecule has 0 saturated heterocycles. The van der Waals surface area contributed by atoms with E-state index >= 15 is 0 Å². The smallest absolute Gasteiger partial charge is 0.260 e. The highest BCUT2D eigenvalue weighted by molar-refractivity contribution is 7.13. The number of benzene rings is 1. The Hall–Kier alpha value is -2.67. The third-order valence-corrected chi connectivity index (χ3v) is 5.82. The highest BCUT2D eigenvalue weighted by Crippen LogP contribution is 2.25. The molecule has 28 heavy (non-hydrogen) atoms. The lowest BCUT2D eigenvalue weighted by atomic mass is 9.92. The molecule has 0 spiro atoms. The van der Waals surface area contributed by atoms with E-state index in [0.717, 1.165) is 23.5 Å². The van der Waals surface area contributed by atoms with Crippen molar-refractivity contribution in [2.24, 2.45) is 0 Å². The molecule has 146 valence electrons. The number of amides is 1. The van der Waals surface area contributed by atoms with Gasteiger partial charge in [-0.3, -0.25) is 4.79 Å². The largest absolute Gasteiger partial charge is 0.484 e. The molecule has 0 N–H and O–H groups in total. The molecule has 0 radical (unpaired) electrons. The lowest BCUT2D eigenvalue weighted by Crippen LogP contribution is -2.34. The second-order valence-corrected chi connectivity index (χ2v) is 7.77. The molecule has 2 heterocycles. The van der Waals surface area contributed by atoms with Crippen molar-refractivity contribution in [3.8, 4) is 16.5 Å². The van der Waals surface area contributed by atoms with Gasteiger partial charge in [0.25, 0.3) is 5.91 Å². The molecular weight excluding hydrogens is 374 g/mol. The first-order chi connectivity index (χ1) is 13.7. The van der Waals surface area contributed by atoms with Crippen LogP contribution in [0.5, 0.6) is 5.75 Å². The fourth-order valence-corrected chi connectivity index (χ4v) is 4.05. The van der Waals surface area contributed by atoms with Crippen LogP contribution in [0.25, 0.3) is 10.7 Å². The molecule has 1 amide bonds. The summed E-state index contributed by atoms with van der Waals surface area (Å²) in [6, 6.07) is 10.0. The van der Waals surface area contributed by atoms with Gasteiger partial charge in [-0.2, -0.15) is 4.98 Å². The Balaban J connectivity index is 1.35. The second kappa shape index (κ2) is 8.56. The molecule has 7 heteroatoms. The average molecular weight is 398 g/mol. The van der Waals surface area contributed by atoms with Crippen molar-refractivity contribution in [3.05, 3.63) is 52.7 Å². The molecule has 1 aliphatic carbocycles. The standard InChI is InChI=1S/C21H23N3O3S/c1-2-24(13-19-22-21(23-27-19)18-8-5-11-28-18)20(25)14-26-17-10-9-15-6-3-4-7-16(15)12-17/h5,8-12H,2-4,6-7,13-14H2,1H3. The molecule has 3 aromatic rings. The van der Waals surface area contributed by atoms with Gasteiger partial charge in [-0.1, -0.05) is 17.3 Å². The van der Waals surface area contributed by atoms with Crippen LogP contribution in [-0.2, 0) is 24.2 Å². The Morgan fingerprint density at radius 1 is 1.25 bits per heavy atom. The first-order valence-corrected chi connectivity index (χ1v) is 10.5. The van der Waals surface area contributed by atoms with E-state index in [1.807, 2.05) is 30.5 Å². The predicted molar refractivity (Wildman–Crippen MR) is 107 cm³/mol. The highest BCUT2D eigenvalue weighted by Gasteiger charge is 2.18. The SMILES string of the molecule is CCN(Cc1nc(-c2cccs2)no1)C(=O)COc1ccc2c(c1)CCCC2. The lowest BCUT2D eigenvalue weighted by molar-refractivity contribution is -0.134. The predicted octanol–water partition coefficient (Wildman–Crippen LogP) is 4.10. The molecule has 0 unspecified atom stereocenters. The van der Waals surface area contributed by atoms with Crippen LogP contribution in [0.15, 0.2) is 40.2 Å². The molecule has 0 saturated carbocycles. The van der Waals surface area contributed by atoms with Crippen molar-refractivity contribution in [1.29, 1.82) is 0 Å². The summed E-state index contributed by atoms with van der Waals surface area (Å²) < 4.78 is 11.1. The normalized spacial score (nSPS) is 13.2. The van der Waals surface area contributed by atoms with Gasteiger partial charge in [0.15, 0.2) is 6.61 Å². The summed E-state index contributed by atoms with van der Waals surface area (Å²) >= 11 is 1.55. The van der Waals surface area contributed by atoms with Gasteiger partial charge in [0.2, 0.25) is 11.7 Å². The number of aryl methyl sites for hydroxylation is 2. The molecule has 0 fully saturated rings. The maximum absolute atomic E-state index is 12.6. The number of carbonyl (C=O) groups is 1. The number of thiophene rings is 1. The Labute approximate surface area is 168 Å². The summed E-state index contributed by atoms with van der Waals surface area (Å²) in [5.41, 5.74) is 2.74. The summed E-state index contributed by atoms with van der Waals surface area (Å²) in [7, 11) is 0. The van der Waals surface area contributed by atoms with Gasteiger partial charge in [0, 0.05) is 6.54 Å². The van der Waals surface area contributed by atoms with Crippen molar-refractivity contribution >= 4 is 17.2 Å². The zero-order chi connectivity index (χ0) is 19.3. The molecule has 4 rings (SSSR count). The maximum atomic E-state index is 12.6. The number of carbonyl (C=O) groups excluding carboxylic acids is 1. The average Bonchev–Trinajstić information content (AvgIpc) is 3.41. The van der Waals surface area contributed by atoms with Crippen molar-refractivity contribution < 1.29 is 14.1 Å². The maximum Gasteiger partial charge on any atom is 0.260 e. The number of likely N-dealkylation sites (N-methyl/N-ethyl adjacent to an activating group) is 1. The van der Waals surface area contributed by atoms with Crippen LogP contribution in [-0.4, -0.2) is 34.1 Å². The minimum Gasteiger partial charge on any atom is -0.484 e. The lowest BCUT2D eigenvalue weighted by Gasteiger charge is -2.20. The molecule has 0 atom stereocenters. The Morgan fingerprint density at radius 3 is 2.89 bits per heavy atom. The quantitative estimate of drug-likeness (QED) is 0.600. The van der Waals surface area contributed by atoms with Crippen LogP contribution in [0.1, 0.15) is 36.8 Å². The molecule has 1 aliphatic rings. The zero-order valence-corrected chi connectivity index (χ0v) is 16.7. The topological polar surface area (TPSA) is 68.5 Å². The van der Waals surface area contributed by atoms with E-state index in [0.29, 0.717) is 18.3 Å². The van der Waals surface area contributed by atoms with Crippen LogP contribution in [0.4, 0.5) is 0 Å². The summed E-state index contributed by atoms with van der Waals surface area (Å²) in [6.45, 7) is 2.75. The van der Waals surface area contributed by atoms with Crippen molar-refractivity contribution in [3.63, 3.8) is 0 Å². The van der Waals surface area contributed by atoms with E-state index in [9.17, 15) is 4.79 Å². The third-order valence-electron chi connectivity index (χ3n) is 4.95. The summed E-state index contributed by atoms with van der Waals surface area (Å²) in [6.07, 6.45) is 4.69. The molecule has 1 aromatic carbocycles. The number of ether oxygens (including phenoxy) is 1. The van der Waals surface area contributed by atoms with E-state index < -0.39 is 0 Å². The first-order valence-electron chi connectivity index (χ1n) is 9.62. The molecule has 6 nitrogen and oxygen atoms in total. The summed E-state index contributed by atoms with van der Waals surface area (Å²) in [5, 5.41) is 5.96. The van der Waals surface area contributed by atoms with Gasteiger partial charge < -0.3 is 14.2 Å². The van der Waals surface area contributed by atoms with E-state index in [2.05, 4.69) is 22.3 Å². The van der Waals surface area contributed by atoms with Crippen molar-refractivity contribution in [2.45, 2.75) is 39.2 Å². The second-order valence-electron chi connectivity index (χ2n) is 6.82. The van der Waals surface area contributed by atoms with Crippen LogP contribution < -0.4 is 4.74 Å². The van der Waals surface area contributed by atoms with Crippen molar-refractivity contribution in [1.82, 2.24) is 15.0 Å². The number of fused-ring (bicyclic) bond motifs is 1. The molecular formula is C21H23N3O3S. The number of nitrogens with zero attached hydrogens (tertiary/aromatic N) is 3. The Bertz CT molecular complexity index is 936. The first kappa shape index (κ1) is 18.7. The van der Waals surface area contributed by atoms with Gasteiger partial charge in [0.05, 0.1) is 4.88 Å².